The summed E-state index contributed by atoms with van der Waals surface area (Å²) in [5, 5.41) is 9.06. The molecular formula is C15H28N2O2. The number of hydrogen-bond donors (Lipinski definition) is 1. The molecule has 0 radical (unpaired) electrons. The van der Waals surface area contributed by atoms with Crippen LogP contribution in [0.4, 0.5) is 0 Å². The van der Waals surface area contributed by atoms with Crippen LogP contribution in [0.15, 0.2) is 0 Å². The Bertz CT molecular complexity index is 280. The van der Waals surface area contributed by atoms with Gasteiger partial charge in [-0.1, -0.05) is 32.1 Å². The molecule has 2 aliphatic rings. The summed E-state index contributed by atoms with van der Waals surface area (Å²) in [7, 11) is 0. The van der Waals surface area contributed by atoms with E-state index in [9.17, 15) is 4.79 Å². The zero-order valence-corrected chi connectivity index (χ0v) is 12.2. The summed E-state index contributed by atoms with van der Waals surface area (Å²) >= 11 is 0. The van der Waals surface area contributed by atoms with E-state index in [1.807, 2.05) is 0 Å². The molecule has 1 heterocycles. The first-order valence-corrected chi connectivity index (χ1v) is 7.89. The molecule has 0 aromatic heterocycles. The molecule has 0 bridgehead atoms. The van der Waals surface area contributed by atoms with Gasteiger partial charge in [-0.25, -0.2) is 0 Å². The van der Waals surface area contributed by atoms with Crippen molar-refractivity contribution >= 4 is 5.97 Å². The van der Waals surface area contributed by atoms with Crippen molar-refractivity contribution in [2.24, 2.45) is 0 Å². The Morgan fingerprint density at radius 1 is 1.00 bits per heavy atom. The second-order valence-corrected chi connectivity index (χ2v) is 6.09. The van der Waals surface area contributed by atoms with Gasteiger partial charge < -0.3 is 5.11 Å². The number of carboxylic acid groups (broad SMARTS) is 1. The molecule has 110 valence electrons. The highest BCUT2D eigenvalue weighted by Gasteiger charge is 2.28. The number of nitrogens with zero attached hydrogens (tertiary/aromatic N) is 2. The lowest BCUT2D eigenvalue weighted by molar-refractivity contribution is -0.143. The van der Waals surface area contributed by atoms with Gasteiger partial charge in [-0.05, 0) is 19.8 Å². The van der Waals surface area contributed by atoms with Crippen LogP contribution in [0.2, 0.25) is 0 Å². The third kappa shape index (κ3) is 4.18. The maximum absolute atomic E-state index is 11.0. The van der Waals surface area contributed by atoms with E-state index in [2.05, 4.69) is 9.80 Å². The first-order chi connectivity index (χ1) is 9.18. The van der Waals surface area contributed by atoms with Gasteiger partial charge in [0.15, 0.2) is 0 Å². The van der Waals surface area contributed by atoms with Crippen molar-refractivity contribution in [2.45, 2.75) is 64.0 Å². The summed E-state index contributed by atoms with van der Waals surface area (Å²) in [6.45, 7) is 5.70. The first kappa shape index (κ1) is 14.8. The molecule has 4 heteroatoms. The third-order valence-corrected chi connectivity index (χ3v) is 4.85. The van der Waals surface area contributed by atoms with E-state index < -0.39 is 5.97 Å². The monoisotopic (exact) mass is 268 g/mol. The molecule has 19 heavy (non-hydrogen) atoms. The van der Waals surface area contributed by atoms with Crippen LogP contribution in [0, 0.1) is 0 Å². The van der Waals surface area contributed by atoms with Gasteiger partial charge in [0.05, 0.1) is 0 Å². The fourth-order valence-corrected chi connectivity index (χ4v) is 3.45. The maximum Gasteiger partial charge on any atom is 0.320 e. The van der Waals surface area contributed by atoms with Crippen molar-refractivity contribution in [3.63, 3.8) is 0 Å². The minimum Gasteiger partial charge on any atom is -0.480 e. The minimum atomic E-state index is -0.695. The van der Waals surface area contributed by atoms with Crippen LogP contribution in [0.1, 0.15) is 51.9 Å². The molecule has 1 aliphatic carbocycles. The van der Waals surface area contributed by atoms with Crippen LogP contribution in [0.5, 0.6) is 0 Å². The molecule has 2 rings (SSSR count). The van der Waals surface area contributed by atoms with Crippen molar-refractivity contribution in [1.82, 2.24) is 9.80 Å². The van der Waals surface area contributed by atoms with Crippen LogP contribution in [-0.2, 0) is 4.79 Å². The van der Waals surface area contributed by atoms with E-state index in [1.165, 1.54) is 44.9 Å². The normalized spacial score (nSPS) is 26.6. The van der Waals surface area contributed by atoms with Crippen molar-refractivity contribution in [2.75, 3.05) is 26.2 Å². The van der Waals surface area contributed by atoms with Gasteiger partial charge >= 0.3 is 5.97 Å². The highest BCUT2D eigenvalue weighted by molar-refractivity contribution is 5.72. The average molecular weight is 268 g/mol. The fourth-order valence-electron chi connectivity index (χ4n) is 3.45. The molecule has 1 saturated carbocycles. The summed E-state index contributed by atoms with van der Waals surface area (Å²) in [5.41, 5.74) is 0. The second-order valence-electron chi connectivity index (χ2n) is 6.09. The van der Waals surface area contributed by atoms with Gasteiger partial charge in [-0.3, -0.25) is 14.6 Å². The van der Waals surface area contributed by atoms with E-state index in [0.717, 1.165) is 32.2 Å². The van der Waals surface area contributed by atoms with Crippen molar-refractivity contribution < 1.29 is 9.90 Å². The number of piperazine rings is 1. The fraction of sp³-hybridized carbons (Fsp3) is 0.933. The number of carboxylic acids is 1. The average Bonchev–Trinajstić information content (AvgIpc) is 2.38. The van der Waals surface area contributed by atoms with Gasteiger partial charge in [0, 0.05) is 32.2 Å². The van der Waals surface area contributed by atoms with E-state index in [4.69, 9.17) is 5.11 Å². The SMILES string of the molecule is CC(C(=O)O)N1CCN(C2CCCCCCC2)CC1. The van der Waals surface area contributed by atoms with Gasteiger partial charge in [0.2, 0.25) is 0 Å². The first-order valence-electron chi connectivity index (χ1n) is 7.89. The standard InChI is InChI=1S/C15H28N2O2/c1-13(15(18)19)16-9-11-17(12-10-16)14-7-5-3-2-4-6-8-14/h13-14H,2-12H2,1H3,(H,18,19). The second kappa shape index (κ2) is 7.25. The molecule has 2 fully saturated rings. The zero-order chi connectivity index (χ0) is 13.7. The Morgan fingerprint density at radius 3 is 2.05 bits per heavy atom. The summed E-state index contributed by atoms with van der Waals surface area (Å²) in [4.78, 5) is 15.7. The van der Waals surface area contributed by atoms with Gasteiger partial charge in [-0.15, -0.1) is 0 Å². The largest absolute Gasteiger partial charge is 0.480 e. The van der Waals surface area contributed by atoms with Crippen molar-refractivity contribution in [3.8, 4) is 0 Å². The predicted octanol–water partition coefficient (Wildman–Crippen LogP) is 2.19. The number of carbonyl (C=O) groups is 1. The van der Waals surface area contributed by atoms with Gasteiger partial charge in [-0.2, -0.15) is 0 Å². The van der Waals surface area contributed by atoms with E-state index >= 15 is 0 Å². The van der Waals surface area contributed by atoms with Crippen LogP contribution >= 0.6 is 0 Å². The lowest BCUT2D eigenvalue weighted by Gasteiger charge is -2.41. The molecule has 1 atom stereocenters. The summed E-state index contributed by atoms with van der Waals surface area (Å²) in [6.07, 6.45) is 9.63. The number of hydrogen-bond acceptors (Lipinski definition) is 3. The zero-order valence-electron chi connectivity index (χ0n) is 12.2. The topological polar surface area (TPSA) is 43.8 Å². The molecule has 1 aliphatic heterocycles. The lowest BCUT2D eigenvalue weighted by atomic mass is 9.95. The minimum absolute atomic E-state index is 0.334. The van der Waals surface area contributed by atoms with Crippen LogP contribution in [-0.4, -0.2) is 59.1 Å². The van der Waals surface area contributed by atoms with Crippen LogP contribution in [0.25, 0.3) is 0 Å². The molecule has 0 spiro atoms. The molecule has 0 aromatic carbocycles. The highest BCUT2D eigenvalue weighted by atomic mass is 16.4. The maximum atomic E-state index is 11.0. The highest BCUT2D eigenvalue weighted by Crippen LogP contribution is 2.22. The molecule has 4 nitrogen and oxygen atoms in total. The van der Waals surface area contributed by atoms with Crippen LogP contribution in [0.3, 0.4) is 0 Å². The number of aliphatic carboxylic acids is 1. The molecule has 1 saturated heterocycles. The molecule has 1 N–H and O–H groups in total. The van der Waals surface area contributed by atoms with Crippen molar-refractivity contribution in [3.05, 3.63) is 0 Å². The van der Waals surface area contributed by atoms with Crippen molar-refractivity contribution in [1.29, 1.82) is 0 Å². The quantitative estimate of drug-likeness (QED) is 0.852. The molecular weight excluding hydrogens is 240 g/mol. The summed E-state index contributed by atoms with van der Waals surface area (Å²) < 4.78 is 0. The summed E-state index contributed by atoms with van der Waals surface area (Å²) in [6, 6.07) is 0.419. The lowest BCUT2D eigenvalue weighted by Crippen LogP contribution is -2.54. The smallest absolute Gasteiger partial charge is 0.320 e. The third-order valence-electron chi connectivity index (χ3n) is 4.85. The Balaban J connectivity index is 1.79. The Kier molecular flexibility index (Phi) is 5.64. The van der Waals surface area contributed by atoms with E-state index in [0.29, 0.717) is 0 Å². The molecule has 0 amide bonds. The van der Waals surface area contributed by atoms with E-state index in [1.54, 1.807) is 6.92 Å². The Hall–Kier alpha value is -0.610. The predicted molar refractivity (Wildman–Crippen MR) is 76.4 cm³/mol. The Labute approximate surface area is 116 Å². The molecule has 0 aromatic rings. The van der Waals surface area contributed by atoms with Gasteiger partial charge in [0.1, 0.15) is 6.04 Å². The van der Waals surface area contributed by atoms with Crippen LogP contribution < -0.4 is 0 Å². The van der Waals surface area contributed by atoms with Gasteiger partial charge in [0.25, 0.3) is 0 Å². The number of rotatable bonds is 3. The summed E-state index contributed by atoms with van der Waals surface area (Å²) in [5.74, 6) is -0.695. The Morgan fingerprint density at radius 2 is 1.53 bits per heavy atom. The molecule has 1 unspecified atom stereocenters. The van der Waals surface area contributed by atoms with E-state index in [-0.39, 0.29) is 6.04 Å².